The maximum atomic E-state index is 13.1. The number of hydrogen-bond acceptors (Lipinski definition) is 3. The number of para-hydroxylation sites is 1. The standard InChI is InChI=1S/C14H10F3NOS/c15-14(16,17)10-6-3-5-9-8-4-1-2-7-11(8)18-20-13(19)12(9)10/h1-2,4,6-7,18H,3,5H2. The van der Waals surface area contributed by atoms with Crippen LogP contribution in [0.25, 0.3) is 5.57 Å². The van der Waals surface area contributed by atoms with E-state index in [9.17, 15) is 18.0 Å². The maximum absolute atomic E-state index is 13.1. The second kappa shape index (κ2) is 4.70. The lowest BCUT2D eigenvalue weighted by molar-refractivity contribution is -0.110. The SMILES string of the molecule is O=C1SNc2ccccc2C2=C1C(C(F)(F)F)=CCC2. The Bertz CT molecular complexity index is 646. The minimum Gasteiger partial charge on any atom is -0.322 e. The van der Waals surface area contributed by atoms with Crippen molar-refractivity contribution in [3.63, 3.8) is 0 Å². The molecule has 0 spiro atoms. The lowest BCUT2D eigenvalue weighted by Crippen LogP contribution is -2.20. The largest absolute Gasteiger partial charge is 0.416 e. The van der Waals surface area contributed by atoms with Gasteiger partial charge in [0.15, 0.2) is 0 Å². The number of hydrogen-bond donors (Lipinski definition) is 1. The van der Waals surface area contributed by atoms with Gasteiger partial charge in [0, 0.05) is 23.1 Å². The molecule has 0 saturated carbocycles. The molecule has 1 aliphatic carbocycles. The van der Waals surface area contributed by atoms with E-state index in [2.05, 4.69) is 4.72 Å². The minimum absolute atomic E-state index is 0.203. The van der Waals surface area contributed by atoms with Gasteiger partial charge < -0.3 is 4.72 Å². The van der Waals surface area contributed by atoms with Gasteiger partial charge in [-0.15, -0.1) is 0 Å². The van der Waals surface area contributed by atoms with Crippen molar-refractivity contribution >= 4 is 28.3 Å². The second-order valence-electron chi connectivity index (χ2n) is 4.54. The molecule has 0 fully saturated rings. The number of alkyl halides is 3. The summed E-state index contributed by atoms with van der Waals surface area (Å²) in [6.45, 7) is 0. The van der Waals surface area contributed by atoms with Crippen LogP contribution in [0, 0.1) is 0 Å². The molecule has 0 bridgehead atoms. The van der Waals surface area contributed by atoms with Gasteiger partial charge in [-0.05, 0) is 24.5 Å². The zero-order valence-electron chi connectivity index (χ0n) is 10.3. The zero-order valence-corrected chi connectivity index (χ0v) is 11.1. The van der Waals surface area contributed by atoms with E-state index in [4.69, 9.17) is 0 Å². The third kappa shape index (κ3) is 2.14. The summed E-state index contributed by atoms with van der Waals surface area (Å²) < 4.78 is 42.2. The van der Waals surface area contributed by atoms with E-state index in [-0.39, 0.29) is 5.57 Å². The smallest absolute Gasteiger partial charge is 0.322 e. The van der Waals surface area contributed by atoms with Gasteiger partial charge in [0.25, 0.3) is 0 Å². The van der Waals surface area contributed by atoms with E-state index in [1.807, 2.05) is 0 Å². The minimum atomic E-state index is -4.50. The Morgan fingerprint density at radius 1 is 1.20 bits per heavy atom. The van der Waals surface area contributed by atoms with Crippen molar-refractivity contribution in [1.29, 1.82) is 0 Å². The number of rotatable bonds is 0. The number of carbonyl (C=O) groups excluding carboxylic acids is 1. The molecule has 0 aromatic heterocycles. The summed E-state index contributed by atoms with van der Waals surface area (Å²) in [7, 11) is 0. The maximum Gasteiger partial charge on any atom is 0.416 e. The van der Waals surface area contributed by atoms with Crippen molar-refractivity contribution in [2.75, 3.05) is 4.72 Å². The van der Waals surface area contributed by atoms with Gasteiger partial charge in [-0.25, -0.2) is 0 Å². The van der Waals surface area contributed by atoms with Crippen LogP contribution in [0.4, 0.5) is 18.9 Å². The van der Waals surface area contributed by atoms with Crippen molar-refractivity contribution in [2.24, 2.45) is 0 Å². The molecular formula is C14H10F3NOS. The molecule has 0 saturated heterocycles. The van der Waals surface area contributed by atoms with Crippen molar-refractivity contribution in [3.05, 3.63) is 47.1 Å². The summed E-state index contributed by atoms with van der Waals surface area (Å²) in [5.41, 5.74) is 0.828. The summed E-state index contributed by atoms with van der Waals surface area (Å²) in [6.07, 6.45) is -2.65. The van der Waals surface area contributed by atoms with Gasteiger partial charge >= 0.3 is 6.18 Å². The van der Waals surface area contributed by atoms with Crippen LogP contribution in [-0.2, 0) is 4.79 Å². The molecule has 2 aliphatic rings. The van der Waals surface area contributed by atoms with Crippen LogP contribution in [0.5, 0.6) is 0 Å². The molecule has 1 N–H and O–H groups in total. The molecule has 1 heterocycles. The highest BCUT2D eigenvalue weighted by atomic mass is 32.2. The molecule has 6 heteroatoms. The molecule has 104 valence electrons. The molecular weight excluding hydrogens is 287 g/mol. The topological polar surface area (TPSA) is 29.1 Å². The van der Waals surface area contributed by atoms with Gasteiger partial charge in [-0.3, -0.25) is 4.79 Å². The predicted octanol–water partition coefficient (Wildman–Crippen LogP) is 4.32. The quantitative estimate of drug-likeness (QED) is 0.723. The number of nitrogens with one attached hydrogen (secondary N) is 1. The lowest BCUT2D eigenvalue weighted by atomic mass is 9.86. The fourth-order valence-electron chi connectivity index (χ4n) is 2.50. The van der Waals surface area contributed by atoms with Crippen molar-refractivity contribution < 1.29 is 18.0 Å². The Kier molecular flexibility index (Phi) is 3.12. The Morgan fingerprint density at radius 2 is 1.95 bits per heavy atom. The number of benzene rings is 1. The highest BCUT2D eigenvalue weighted by Crippen LogP contribution is 2.45. The predicted molar refractivity (Wildman–Crippen MR) is 73.0 cm³/mol. The molecule has 0 unspecified atom stereocenters. The highest BCUT2D eigenvalue weighted by molar-refractivity contribution is 8.15. The summed E-state index contributed by atoms with van der Waals surface area (Å²) in [4.78, 5) is 12.1. The van der Waals surface area contributed by atoms with Crippen molar-refractivity contribution in [2.45, 2.75) is 19.0 Å². The first-order chi connectivity index (χ1) is 9.48. The van der Waals surface area contributed by atoms with Crippen LogP contribution >= 0.6 is 11.9 Å². The first kappa shape index (κ1) is 13.3. The Balaban J connectivity index is 2.24. The normalized spacial score (nSPS) is 18.8. The van der Waals surface area contributed by atoms with Crippen LogP contribution in [0.3, 0.4) is 0 Å². The summed E-state index contributed by atoms with van der Waals surface area (Å²) in [5, 5.41) is -0.584. The summed E-state index contributed by atoms with van der Waals surface area (Å²) in [5.74, 6) is 0. The van der Waals surface area contributed by atoms with Crippen LogP contribution < -0.4 is 4.72 Å². The average molecular weight is 297 g/mol. The highest BCUT2D eigenvalue weighted by Gasteiger charge is 2.42. The van der Waals surface area contributed by atoms with Gasteiger partial charge in [0.1, 0.15) is 0 Å². The van der Waals surface area contributed by atoms with E-state index >= 15 is 0 Å². The number of fused-ring (bicyclic) bond motifs is 2. The Labute approximate surface area is 117 Å². The van der Waals surface area contributed by atoms with E-state index in [1.54, 1.807) is 24.3 Å². The molecule has 3 rings (SSSR count). The van der Waals surface area contributed by atoms with Crippen LogP contribution in [-0.4, -0.2) is 11.3 Å². The monoisotopic (exact) mass is 297 g/mol. The van der Waals surface area contributed by atoms with Gasteiger partial charge in [-0.2, -0.15) is 13.2 Å². The fraction of sp³-hybridized carbons (Fsp3) is 0.214. The third-order valence-electron chi connectivity index (χ3n) is 3.33. The zero-order chi connectivity index (χ0) is 14.3. The van der Waals surface area contributed by atoms with Crippen LogP contribution in [0.2, 0.25) is 0 Å². The first-order valence-corrected chi connectivity index (χ1v) is 6.87. The number of allylic oxidation sites excluding steroid dienone is 3. The van der Waals surface area contributed by atoms with Crippen LogP contribution in [0.15, 0.2) is 41.5 Å². The van der Waals surface area contributed by atoms with Gasteiger partial charge in [0.2, 0.25) is 5.12 Å². The van der Waals surface area contributed by atoms with E-state index in [1.165, 1.54) is 0 Å². The third-order valence-corrected chi connectivity index (χ3v) is 4.04. The molecule has 1 aliphatic heterocycles. The lowest BCUT2D eigenvalue weighted by Gasteiger charge is -2.21. The Morgan fingerprint density at radius 3 is 2.70 bits per heavy atom. The number of anilines is 1. The molecule has 20 heavy (non-hydrogen) atoms. The van der Waals surface area contributed by atoms with Crippen molar-refractivity contribution in [1.82, 2.24) is 0 Å². The van der Waals surface area contributed by atoms with Gasteiger partial charge in [0.05, 0.1) is 11.3 Å². The van der Waals surface area contributed by atoms with Crippen LogP contribution in [0.1, 0.15) is 18.4 Å². The number of carbonyl (C=O) groups is 1. The van der Waals surface area contributed by atoms with Crippen molar-refractivity contribution in [3.8, 4) is 0 Å². The molecule has 1 aromatic rings. The van der Waals surface area contributed by atoms with E-state index in [0.717, 1.165) is 6.08 Å². The molecule has 1 aromatic carbocycles. The van der Waals surface area contributed by atoms with Gasteiger partial charge in [-0.1, -0.05) is 24.3 Å². The first-order valence-electron chi connectivity index (χ1n) is 6.06. The fourth-order valence-corrected chi connectivity index (χ4v) is 3.21. The molecule has 0 radical (unpaired) electrons. The molecule has 2 nitrogen and oxygen atoms in total. The molecule has 0 atom stereocenters. The number of halogens is 3. The second-order valence-corrected chi connectivity index (χ2v) is 5.32. The van der Waals surface area contributed by atoms with E-state index < -0.39 is 16.9 Å². The van der Waals surface area contributed by atoms with E-state index in [0.29, 0.717) is 41.6 Å². The Hall–Kier alpha value is -1.69. The summed E-state index contributed by atoms with van der Waals surface area (Å²) >= 11 is 0.700. The summed E-state index contributed by atoms with van der Waals surface area (Å²) in [6, 6.07) is 7.05. The average Bonchev–Trinajstić information content (AvgIpc) is 2.56. The molecule has 0 amide bonds.